The summed E-state index contributed by atoms with van der Waals surface area (Å²) in [5.41, 5.74) is 3.54. The van der Waals surface area contributed by atoms with Crippen LogP contribution in [0.2, 0.25) is 0 Å². The lowest BCUT2D eigenvalue weighted by Crippen LogP contribution is -2.41. The van der Waals surface area contributed by atoms with Gasteiger partial charge in [0.1, 0.15) is 18.2 Å². The summed E-state index contributed by atoms with van der Waals surface area (Å²) >= 11 is 0. The van der Waals surface area contributed by atoms with Crippen molar-refractivity contribution in [2.24, 2.45) is 5.92 Å². The standard InChI is InChI=1S/C33H39FN4O4/c1-21-15-25(27(34)16-22(21)2)20-42-32-6-4-5-28(36-32)23-9-12-37(13-10-23)19-31-35-29-8-7-24(33(39)40-3)17-30(29)38(31)18-26-11-14-41-26/h4-6,8,15-17,23-24,26H,7,9-14,18-20H2,1-3H3. The van der Waals surface area contributed by atoms with Gasteiger partial charge < -0.3 is 18.8 Å². The highest BCUT2D eigenvalue weighted by Gasteiger charge is 2.27. The van der Waals surface area contributed by atoms with Crippen molar-refractivity contribution in [2.75, 3.05) is 26.8 Å². The molecule has 0 bridgehead atoms. The van der Waals surface area contributed by atoms with Crippen molar-refractivity contribution >= 4 is 18.1 Å². The zero-order chi connectivity index (χ0) is 29.2. The molecule has 0 N–H and O–H groups in total. The molecule has 1 aliphatic carbocycles. The fraction of sp³-hybridized carbons (Fsp3) is 0.485. The highest BCUT2D eigenvalue weighted by atomic mass is 19.1. The highest BCUT2D eigenvalue weighted by molar-refractivity contribution is 5.80. The van der Waals surface area contributed by atoms with Gasteiger partial charge in [-0.1, -0.05) is 12.1 Å². The van der Waals surface area contributed by atoms with Crippen LogP contribution in [0.5, 0.6) is 5.88 Å². The number of benzene rings is 1. The van der Waals surface area contributed by atoms with Gasteiger partial charge in [-0.05, 0) is 88.0 Å². The molecule has 0 amide bonds. The van der Waals surface area contributed by atoms with E-state index in [0.717, 1.165) is 85.4 Å². The second kappa shape index (κ2) is 12.4. The predicted octanol–water partition coefficient (Wildman–Crippen LogP) is 3.54. The minimum atomic E-state index is -0.281. The molecule has 2 fully saturated rings. The maximum atomic E-state index is 14.4. The van der Waals surface area contributed by atoms with Crippen molar-refractivity contribution in [1.82, 2.24) is 19.4 Å². The van der Waals surface area contributed by atoms with Gasteiger partial charge in [0.15, 0.2) is 0 Å². The van der Waals surface area contributed by atoms with Crippen LogP contribution in [0, 0.1) is 25.6 Å². The van der Waals surface area contributed by atoms with E-state index >= 15 is 0 Å². The van der Waals surface area contributed by atoms with E-state index in [2.05, 4.69) is 21.6 Å². The van der Waals surface area contributed by atoms with Gasteiger partial charge in [-0.3, -0.25) is 9.69 Å². The number of aromatic nitrogens is 3. The smallest absolute Gasteiger partial charge is 0.312 e. The molecule has 9 heteroatoms. The summed E-state index contributed by atoms with van der Waals surface area (Å²) < 4.78 is 33.3. The van der Waals surface area contributed by atoms with Gasteiger partial charge in [-0.25, -0.2) is 14.4 Å². The van der Waals surface area contributed by atoms with E-state index in [9.17, 15) is 9.18 Å². The minimum absolute atomic E-state index is 0.152. The monoisotopic (exact) mass is 574 g/mol. The molecule has 2 aromatic heterocycles. The summed E-state index contributed by atoms with van der Waals surface area (Å²) in [5.74, 6) is 1.13. The molecule has 2 saturated heterocycles. The summed E-state index contributed by atoms with van der Waals surface area (Å²) in [5, 5.41) is 1.94. The lowest BCUT2D eigenvalue weighted by Gasteiger charge is -2.32. The summed E-state index contributed by atoms with van der Waals surface area (Å²) in [7, 11) is 1.44. The Bertz CT molecular complexity index is 1570. The molecule has 0 saturated carbocycles. The fourth-order valence-electron chi connectivity index (χ4n) is 6.06. The summed E-state index contributed by atoms with van der Waals surface area (Å²) in [6.45, 7) is 8.19. The van der Waals surface area contributed by atoms with Gasteiger partial charge >= 0.3 is 5.97 Å². The van der Waals surface area contributed by atoms with Gasteiger partial charge in [0.25, 0.3) is 0 Å². The quantitative estimate of drug-likeness (QED) is 0.362. The Balaban J connectivity index is 1.11. The van der Waals surface area contributed by atoms with Crippen molar-refractivity contribution < 1.29 is 23.4 Å². The van der Waals surface area contributed by atoms with Crippen LogP contribution in [0.15, 0.2) is 30.3 Å². The normalized spacial score (nSPS) is 20.7. The van der Waals surface area contributed by atoms with Crippen molar-refractivity contribution in [2.45, 2.75) is 71.2 Å². The van der Waals surface area contributed by atoms with Crippen molar-refractivity contribution in [3.63, 3.8) is 0 Å². The van der Waals surface area contributed by atoms with E-state index in [-0.39, 0.29) is 30.4 Å². The number of esters is 1. The Kier molecular flexibility index (Phi) is 8.40. The molecule has 2 aliphatic heterocycles. The van der Waals surface area contributed by atoms with Crippen LogP contribution >= 0.6 is 0 Å². The molecule has 2 atom stereocenters. The van der Waals surface area contributed by atoms with Crippen LogP contribution in [0.25, 0.3) is 12.2 Å². The van der Waals surface area contributed by atoms with E-state index in [1.807, 2.05) is 38.1 Å². The largest absolute Gasteiger partial charge is 0.473 e. The van der Waals surface area contributed by atoms with E-state index in [1.54, 1.807) is 6.07 Å². The number of aryl methyl sites for hydroxylation is 2. The number of ether oxygens (including phenoxy) is 3. The Labute approximate surface area is 245 Å². The minimum Gasteiger partial charge on any atom is -0.473 e. The molecule has 42 heavy (non-hydrogen) atoms. The van der Waals surface area contributed by atoms with Crippen LogP contribution in [0.4, 0.5) is 4.39 Å². The van der Waals surface area contributed by atoms with Gasteiger partial charge in [0.05, 0.1) is 42.9 Å². The Morgan fingerprint density at radius 1 is 1.12 bits per heavy atom. The maximum Gasteiger partial charge on any atom is 0.312 e. The summed E-state index contributed by atoms with van der Waals surface area (Å²) in [6.07, 6.45) is 7.87. The first kappa shape index (κ1) is 28.6. The van der Waals surface area contributed by atoms with Gasteiger partial charge in [-0.15, -0.1) is 0 Å². The highest BCUT2D eigenvalue weighted by Crippen LogP contribution is 2.29. The molecule has 0 radical (unpaired) electrons. The number of hydrogen-bond donors (Lipinski definition) is 0. The first-order valence-electron chi connectivity index (χ1n) is 14.9. The first-order valence-corrected chi connectivity index (χ1v) is 14.9. The van der Waals surface area contributed by atoms with Crippen molar-refractivity contribution in [3.8, 4) is 5.88 Å². The Morgan fingerprint density at radius 3 is 2.64 bits per heavy atom. The summed E-state index contributed by atoms with van der Waals surface area (Å²) in [4.78, 5) is 24.5. The molecule has 0 spiro atoms. The topological polar surface area (TPSA) is 78.7 Å². The first-order chi connectivity index (χ1) is 20.4. The number of methoxy groups -OCH3 is 1. The molecule has 4 heterocycles. The SMILES string of the molecule is COC(=O)C1C=c2c(nc(CN3CCC(c4cccc(OCc5cc(C)c(C)cc5F)n4)CC3)n2CC2CCO2)=CC1. The zero-order valence-corrected chi connectivity index (χ0v) is 24.6. The number of rotatable bonds is 9. The number of imidazole rings is 1. The average molecular weight is 575 g/mol. The van der Waals surface area contributed by atoms with Gasteiger partial charge in [0.2, 0.25) is 5.88 Å². The van der Waals surface area contributed by atoms with E-state index < -0.39 is 0 Å². The molecule has 3 aromatic rings. The zero-order valence-electron chi connectivity index (χ0n) is 24.6. The Morgan fingerprint density at radius 2 is 1.90 bits per heavy atom. The van der Waals surface area contributed by atoms with E-state index in [0.29, 0.717) is 23.8 Å². The van der Waals surface area contributed by atoms with Crippen LogP contribution in [0.1, 0.15) is 59.8 Å². The average Bonchev–Trinajstić information content (AvgIpc) is 3.32. The fourth-order valence-corrected chi connectivity index (χ4v) is 6.06. The number of fused-ring (bicyclic) bond motifs is 1. The summed E-state index contributed by atoms with van der Waals surface area (Å²) in [6, 6.07) is 9.28. The van der Waals surface area contributed by atoms with Crippen LogP contribution in [-0.2, 0) is 34.0 Å². The number of hydrogen-bond acceptors (Lipinski definition) is 7. The second-order valence-electron chi connectivity index (χ2n) is 11.7. The van der Waals surface area contributed by atoms with Crippen molar-refractivity contribution in [3.05, 3.63) is 75.1 Å². The second-order valence-corrected chi connectivity index (χ2v) is 11.7. The van der Waals surface area contributed by atoms with E-state index in [1.165, 1.54) is 7.11 Å². The number of pyridine rings is 1. The third-order valence-electron chi connectivity index (χ3n) is 8.88. The number of halogens is 1. The lowest BCUT2D eigenvalue weighted by atomic mass is 9.93. The molecular formula is C33H39FN4O4. The number of nitrogens with zero attached hydrogens (tertiary/aromatic N) is 4. The maximum absolute atomic E-state index is 14.4. The Hall–Kier alpha value is -3.56. The third-order valence-corrected chi connectivity index (χ3v) is 8.88. The predicted molar refractivity (Wildman–Crippen MR) is 157 cm³/mol. The number of carbonyl (C=O) groups excluding carboxylic acids is 1. The van der Waals surface area contributed by atoms with Gasteiger partial charge in [-0.2, -0.15) is 0 Å². The molecule has 222 valence electrons. The van der Waals surface area contributed by atoms with Crippen LogP contribution in [-0.4, -0.2) is 58.3 Å². The molecular weight excluding hydrogens is 535 g/mol. The number of likely N-dealkylation sites (tertiary alicyclic amines) is 1. The van der Waals surface area contributed by atoms with E-state index in [4.69, 9.17) is 24.2 Å². The molecule has 1 aromatic carbocycles. The molecule has 8 nitrogen and oxygen atoms in total. The van der Waals surface area contributed by atoms with Gasteiger partial charge in [0, 0.05) is 29.8 Å². The van der Waals surface area contributed by atoms with Crippen LogP contribution in [0.3, 0.4) is 0 Å². The molecule has 2 unspecified atom stereocenters. The number of piperidine rings is 1. The third kappa shape index (κ3) is 6.13. The lowest BCUT2D eigenvalue weighted by molar-refractivity contribution is -0.143. The van der Waals surface area contributed by atoms with Crippen LogP contribution < -0.4 is 15.4 Å². The van der Waals surface area contributed by atoms with Crippen molar-refractivity contribution in [1.29, 1.82) is 0 Å². The number of carbonyl (C=O) groups is 1. The molecule has 6 rings (SSSR count). The molecule has 3 aliphatic rings.